The molecule has 1 heterocycles. The van der Waals surface area contributed by atoms with Crippen molar-refractivity contribution in [3.05, 3.63) is 5.69 Å². The van der Waals surface area contributed by atoms with E-state index in [9.17, 15) is 5.11 Å². The lowest BCUT2D eigenvalue weighted by Gasteiger charge is -2.25. The number of hydrogen-bond acceptors (Lipinski definition) is 4. The van der Waals surface area contributed by atoms with Gasteiger partial charge in [0.25, 0.3) is 0 Å². The molecule has 0 amide bonds. The maximum Gasteiger partial charge on any atom is 0.148 e. The van der Waals surface area contributed by atoms with Gasteiger partial charge >= 0.3 is 0 Å². The Morgan fingerprint density at radius 2 is 2.12 bits per heavy atom. The van der Waals surface area contributed by atoms with E-state index in [2.05, 4.69) is 17.3 Å². The van der Waals surface area contributed by atoms with Gasteiger partial charge in [-0.05, 0) is 27.2 Å². The number of nitrogens with one attached hydrogen (secondary N) is 1. The van der Waals surface area contributed by atoms with Gasteiger partial charge in [0.05, 0.1) is 23.5 Å². The number of aliphatic hydroxyl groups is 1. The molecular formula is C11H22N4O. The number of anilines is 2. The number of nitrogens with zero attached hydrogens (tertiary/aromatic N) is 2. The molecule has 0 unspecified atom stereocenters. The SMILES string of the molecule is CCCn1nc(C)c(N)c1NC(C)(C)CO. The summed E-state index contributed by atoms with van der Waals surface area (Å²) in [4.78, 5) is 0. The highest BCUT2D eigenvalue weighted by Gasteiger charge is 2.21. The third kappa shape index (κ3) is 2.66. The third-order valence-electron chi connectivity index (χ3n) is 2.46. The quantitative estimate of drug-likeness (QED) is 0.708. The van der Waals surface area contributed by atoms with Crippen molar-refractivity contribution < 1.29 is 5.11 Å². The number of rotatable bonds is 5. The van der Waals surface area contributed by atoms with Gasteiger partial charge < -0.3 is 16.2 Å². The lowest BCUT2D eigenvalue weighted by Crippen LogP contribution is -2.36. The molecule has 0 aromatic carbocycles. The van der Waals surface area contributed by atoms with Crippen LogP contribution < -0.4 is 11.1 Å². The van der Waals surface area contributed by atoms with Crippen molar-refractivity contribution in [2.75, 3.05) is 17.7 Å². The molecule has 0 bridgehead atoms. The number of aliphatic hydroxyl groups excluding tert-OH is 1. The molecule has 0 fully saturated rings. The van der Waals surface area contributed by atoms with Crippen LogP contribution in [0.3, 0.4) is 0 Å². The first-order chi connectivity index (χ1) is 7.41. The monoisotopic (exact) mass is 226 g/mol. The summed E-state index contributed by atoms with van der Waals surface area (Å²) in [6, 6.07) is 0. The highest BCUT2D eigenvalue weighted by Crippen LogP contribution is 2.25. The average Bonchev–Trinajstić information content (AvgIpc) is 2.47. The van der Waals surface area contributed by atoms with Crippen LogP contribution in [0.2, 0.25) is 0 Å². The largest absolute Gasteiger partial charge is 0.394 e. The van der Waals surface area contributed by atoms with Crippen molar-refractivity contribution in [1.29, 1.82) is 0 Å². The van der Waals surface area contributed by atoms with E-state index in [1.165, 1.54) is 0 Å². The number of aromatic nitrogens is 2. The van der Waals surface area contributed by atoms with Crippen molar-refractivity contribution in [2.45, 2.75) is 46.2 Å². The van der Waals surface area contributed by atoms with Crippen LogP contribution in [-0.4, -0.2) is 27.0 Å². The molecule has 1 aromatic rings. The van der Waals surface area contributed by atoms with Crippen molar-refractivity contribution in [1.82, 2.24) is 9.78 Å². The van der Waals surface area contributed by atoms with Gasteiger partial charge in [-0.1, -0.05) is 6.92 Å². The zero-order chi connectivity index (χ0) is 12.3. The number of hydrogen-bond donors (Lipinski definition) is 3. The average molecular weight is 226 g/mol. The molecule has 4 N–H and O–H groups in total. The first-order valence-electron chi connectivity index (χ1n) is 5.63. The smallest absolute Gasteiger partial charge is 0.148 e. The van der Waals surface area contributed by atoms with E-state index in [1.807, 2.05) is 25.5 Å². The van der Waals surface area contributed by atoms with Crippen LogP contribution in [0.1, 0.15) is 32.9 Å². The van der Waals surface area contributed by atoms with Gasteiger partial charge in [-0.15, -0.1) is 0 Å². The Hall–Kier alpha value is -1.23. The van der Waals surface area contributed by atoms with Gasteiger partial charge in [0.2, 0.25) is 0 Å². The molecule has 0 aliphatic rings. The normalized spacial score (nSPS) is 11.8. The van der Waals surface area contributed by atoms with Gasteiger partial charge in [-0.25, -0.2) is 4.68 Å². The molecule has 1 aromatic heterocycles. The molecule has 0 atom stereocenters. The summed E-state index contributed by atoms with van der Waals surface area (Å²) >= 11 is 0. The summed E-state index contributed by atoms with van der Waals surface area (Å²) in [6.45, 7) is 8.69. The lowest BCUT2D eigenvalue weighted by molar-refractivity contribution is 0.233. The fraction of sp³-hybridized carbons (Fsp3) is 0.727. The second-order valence-corrected chi connectivity index (χ2v) is 4.74. The molecule has 1 rings (SSSR count). The Labute approximate surface area is 96.6 Å². The molecule has 0 aliphatic heterocycles. The van der Waals surface area contributed by atoms with Crippen LogP contribution in [0.5, 0.6) is 0 Å². The standard InChI is InChI=1S/C11H22N4O/c1-5-6-15-10(9(12)8(2)14-15)13-11(3,4)7-16/h13,16H,5-7,12H2,1-4H3. The molecular weight excluding hydrogens is 204 g/mol. The molecule has 0 saturated carbocycles. The summed E-state index contributed by atoms with van der Waals surface area (Å²) in [5.74, 6) is 0.804. The van der Waals surface area contributed by atoms with Gasteiger partial charge in [-0.2, -0.15) is 5.10 Å². The van der Waals surface area contributed by atoms with Gasteiger partial charge in [0.15, 0.2) is 0 Å². The summed E-state index contributed by atoms with van der Waals surface area (Å²) in [5, 5.41) is 16.8. The topological polar surface area (TPSA) is 76.1 Å². The van der Waals surface area contributed by atoms with Crippen molar-refractivity contribution in [3.8, 4) is 0 Å². The maximum atomic E-state index is 9.24. The fourth-order valence-corrected chi connectivity index (χ4v) is 1.46. The fourth-order valence-electron chi connectivity index (χ4n) is 1.46. The van der Waals surface area contributed by atoms with E-state index in [-0.39, 0.29) is 6.61 Å². The number of aryl methyl sites for hydroxylation is 2. The number of nitrogen functional groups attached to an aromatic ring is 1. The van der Waals surface area contributed by atoms with Crippen molar-refractivity contribution in [3.63, 3.8) is 0 Å². The van der Waals surface area contributed by atoms with Crippen LogP contribution in [0.15, 0.2) is 0 Å². The number of nitrogens with two attached hydrogens (primary N) is 1. The van der Waals surface area contributed by atoms with E-state index >= 15 is 0 Å². The molecule has 92 valence electrons. The Balaban J connectivity index is 3.01. The van der Waals surface area contributed by atoms with Crippen LogP contribution in [-0.2, 0) is 6.54 Å². The Morgan fingerprint density at radius 3 is 2.62 bits per heavy atom. The predicted octanol–water partition coefficient (Wildman–Crippen LogP) is 1.37. The minimum atomic E-state index is -0.397. The molecule has 16 heavy (non-hydrogen) atoms. The first-order valence-corrected chi connectivity index (χ1v) is 5.63. The van der Waals surface area contributed by atoms with E-state index in [4.69, 9.17) is 5.73 Å². The second-order valence-electron chi connectivity index (χ2n) is 4.74. The van der Waals surface area contributed by atoms with Crippen LogP contribution in [0.25, 0.3) is 0 Å². The minimum absolute atomic E-state index is 0.0444. The maximum absolute atomic E-state index is 9.24. The van der Waals surface area contributed by atoms with E-state index in [0.29, 0.717) is 5.69 Å². The highest BCUT2D eigenvalue weighted by atomic mass is 16.3. The van der Waals surface area contributed by atoms with Gasteiger partial charge in [-0.3, -0.25) is 0 Å². The minimum Gasteiger partial charge on any atom is -0.394 e. The van der Waals surface area contributed by atoms with Crippen molar-refractivity contribution in [2.24, 2.45) is 0 Å². The van der Waals surface area contributed by atoms with Crippen LogP contribution >= 0.6 is 0 Å². The Bertz CT molecular complexity index is 357. The molecule has 0 radical (unpaired) electrons. The summed E-state index contributed by atoms with van der Waals surface area (Å²) in [7, 11) is 0. The predicted molar refractivity (Wildman–Crippen MR) is 66.5 cm³/mol. The molecule has 0 saturated heterocycles. The first kappa shape index (κ1) is 12.8. The van der Waals surface area contributed by atoms with Gasteiger partial charge in [0.1, 0.15) is 5.82 Å². The summed E-state index contributed by atoms with van der Waals surface area (Å²) in [6.07, 6.45) is 0.995. The molecule has 5 nitrogen and oxygen atoms in total. The van der Waals surface area contributed by atoms with E-state index in [1.54, 1.807) is 0 Å². The van der Waals surface area contributed by atoms with Crippen LogP contribution in [0, 0.1) is 6.92 Å². The zero-order valence-electron chi connectivity index (χ0n) is 10.5. The second kappa shape index (κ2) is 4.74. The van der Waals surface area contributed by atoms with Crippen molar-refractivity contribution >= 4 is 11.5 Å². The van der Waals surface area contributed by atoms with Gasteiger partial charge in [0, 0.05) is 6.54 Å². The summed E-state index contributed by atoms with van der Waals surface area (Å²) < 4.78 is 1.86. The third-order valence-corrected chi connectivity index (χ3v) is 2.46. The Kier molecular flexibility index (Phi) is 3.80. The van der Waals surface area contributed by atoms with Crippen LogP contribution in [0.4, 0.5) is 11.5 Å². The van der Waals surface area contributed by atoms with E-state index < -0.39 is 5.54 Å². The summed E-state index contributed by atoms with van der Waals surface area (Å²) in [5.41, 5.74) is 7.06. The Morgan fingerprint density at radius 1 is 1.50 bits per heavy atom. The zero-order valence-corrected chi connectivity index (χ0v) is 10.5. The molecule has 0 aliphatic carbocycles. The van der Waals surface area contributed by atoms with E-state index in [0.717, 1.165) is 24.5 Å². The molecule has 0 spiro atoms. The lowest BCUT2D eigenvalue weighted by atomic mass is 10.1. The molecule has 5 heteroatoms. The highest BCUT2D eigenvalue weighted by molar-refractivity contribution is 5.65.